The zero-order valence-electron chi connectivity index (χ0n) is 8.60. The Balaban J connectivity index is 2.04. The molecule has 13 heavy (non-hydrogen) atoms. The number of hydrogen-bond donors (Lipinski definition) is 1. The molecular weight excluding hydrogens is 160 g/mol. The first-order chi connectivity index (χ1) is 6.29. The normalized spacial score (nSPS) is 41.8. The summed E-state index contributed by atoms with van der Waals surface area (Å²) in [6, 6.07) is 0. The van der Waals surface area contributed by atoms with E-state index in [1.165, 1.54) is 44.9 Å². The van der Waals surface area contributed by atoms with E-state index in [2.05, 4.69) is 0 Å². The van der Waals surface area contributed by atoms with Crippen LogP contribution in [0, 0.1) is 5.92 Å². The van der Waals surface area contributed by atoms with Crippen molar-refractivity contribution >= 4 is 0 Å². The van der Waals surface area contributed by atoms with Crippen LogP contribution >= 0.6 is 0 Å². The second-order valence-corrected chi connectivity index (χ2v) is 5.14. The maximum absolute atomic E-state index is 10.4. The van der Waals surface area contributed by atoms with E-state index in [-0.39, 0.29) is 5.60 Å². The summed E-state index contributed by atoms with van der Waals surface area (Å²) in [5, 5.41) is 10.4. The van der Waals surface area contributed by atoms with Crippen LogP contribution in [-0.2, 0) is 0 Å². The lowest BCUT2D eigenvalue weighted by atomic mass is 9.80. The van der Waals surface area contributed by atoms with E-state index in [0.717, 1.165) is 25.2 Å². The number of aliphatic hydroxyl groups is 1. The molecule has 76 valence electrons. The van der Waals surface area contributed by atoms with Gasteiger partial charge >= 0.3 is 0 Å². The van der Waals surface area contributed by atoms with Crippen LogP contribution in [0.2, 0.25) is 0 Å². The van der Waals surface area contributed by atoms with Crippen molar-refractivity contribution in [2.75, 3.05) is 0 Å². The van der Waals surface area contributed by atoms with E-state index in [1.54, 1.807) is 0 Å². The lowest BCUT2D eigenvalue weighted by Gasteiger charge is -2.31. The van der Waals surface area contributed by atoms with Gasteiger partial charge in [-0.2, -0.15) is 0 Å². The Morgan fingerprint density at radius 2 is 1.46 bits per heavy atom. The van der Waals surface area contributed by atoms with Gasteiger partial charge in [0.15, 0.2) is 0 Å². The van der Waals surface area contributed by atoms with E-state index in [9.17, 15) is 5.11 Å². The van der Waals surface area contributed by atoms with E-state index in [4.69, 9.17) is 0 Å². The summed E-state index contributed by atoms with van der Waals surface area (Å²) in [6.45, 7) is 0. The lowest BCUT2D eigenvalue weighted by Crippen LogP contribution is -2.31. The van der Waals surface area contributed by atoms with E-state index >= 15 is 0 Å². The second kappa shape index (κ2) is 4.00. The van der Waals surface area contributed by atoms with Crippen LogP contribution in [-0.4, -0.2) is 10.7 Å². The highest BCUT2D eigenvalue weighted by Gasteiger charge is 2.32. The minimum atomic E-state index is -0.262. The van der Waals surface area contributed by atoms with Gasteiger partial charge in [-0.05, 0) is 25.2 Å². The standard InChI is InChI=1S/C12H22O/c13-12-8-4-1-2-6-11(10-12)7-3-5-9-12/h11,13H,1-10H2. The van der Waals surface area contributed by atoms with Crippen molar-refractivity contribution in [3.63, 3.8) is 0 Å². The fourth-order valence-corrected chi connectivity index (χ4v) is 3.17. The molecule has 0 aromatic heterocycles. The van der Waals surface area contributed by atoms with Crippen molar-refractivity contribution in [1.82, 2.24) is 0 Å². The van der Waals surface area contributed by atoms with Gasteiger partial charge in [0.1, 0.15) is 0 Å². The van der Waals surface area contributed by atoms with E-state index in [1.807, 2.05) is 0 Å². The van der Waals surface area contributed by atoms with Gasteiger partial charge in [-0.15, -0.1) is 0 Å². The fourth-order valence-electron chi connectivity index (χ4n) is 3.17. The zero-order valence-corrected chi connectivity index (χ0v) is 8.60. The summed E-state index contributed by atoms with van der Waals surface area (Å²) in [6.07, 6.45) is 12.6. The smallest absolute Gasteiger partial charge is 0.0650 e. The van der Waals surface area contributed by atoms with Gasteiger partial charge in [-0.1, -0.05) is 44.9 Å². The summed E-state index contributed by atoms with van der Waals surface area (Å²) in [5.74, 6) is 0.841. The average Bonchev–Trinajstić information content (AvgIpc) is 2.26. The highest BCUT2D eigenvalue weighted by atomic mass is 16.3. The minimum absolute atomic E-state index is 0.262. The number of hydrogen-bond acceptors (Lipinski definition) is 1. The van der Waals surface area contributed by atoms with Gasteiger partial charge in [-0.3, -0.25) is 0 Å². The third-order valence-corrected chi connectivity index (χ3v) is 3.93. The topological polar surface area (TPSA) is 20.2 Å². The van der Waals surface area contributed by atoms with Crippen LogP contribution in [0.5, 0.6) is 0 Å². The summed E-state index contributed by atoms with van der Waals surface area (Å²) in [5.41, 5.74) is -0.262. The Morgan fingerprint density at radius 3 is 2.23 bits per heavy atom. The molecule has 0 aromatic carbocycles. The number of fused-ring (bicyclic) bond motifs is 2. The van der Waals surface area contributed by atoms with Gasteiger partial charge in [0, 0.05) is 0 Å². The Bertz CT molecular complexity index is 167. The highest BCUT2D eigenvalue weighted by molar-refractivity contribution is 4.86. The highest BCUT2D eigenvalue weighted by Crippen LogP contribution is 2.38. The summed E-state index contributed by atoms with van der Waals surface area (Å²) in [7, 11) is 0. The maximum Gasteiger partial charge on any atom is 0.0650 e. The predicted molar refractivity (Wildman–Crippen MR) is 54.6 cm³/mol. The van der Waals surface area contributed by atoms with Crippen molar-refractivity contribution in [3.8, 4) is 0 Å². The first-order valence-electron chi connectivity index (χ1n) is 6.01. The van der Waals surface area contributed by atoms with Crippen molar-refractivity contribution in [1.29, 1.82) is 0 Å². The molecule has 0 radical (unpaired) electrons. The molecule has 2 bridgehead atoms. The molecule has 2 aliphatic carbocycles. The Kier molecular flexibility index (Phi) is 2.92. The maximum atomic E-state index is 10.4. The second-order valence-electron chi connectivity index (χ2n) is 5.14. The molecule has 1 N–H and O–H groups in total. The molecule has 1 heteroatoms. The van der Waals surface area contributed by atoms with Gasteiger partial charge in [0.25, 0.3) is 0 Å². The van der Waals surface area contributed by atoms with Crippen molar-refractivity contribution in [3.05, 3.63) is 0 Å². The van der Waals surface area contributed by atoms with Crippen molar-refractivity contribution in [2.24, 2.45) is 5.92 Å². The van der Waals surface area contributed by atoms with Gasteiger partial charge in [-0.25, -0.2) is 0 Å². The molecule has 0 saturated heterocycles. The SMILES string of the molecule is OC12CCCCCC(CCCC1)C2. The largest absolute Gasteiger partial charge is 0.390 e. The van der Waals surface area contributed by atoms with Crippen LogP contribution in [0.4, 0.5) is 0 Å². The van der Waals surface area contributed by atoms with Crippen LogP contribution in [0.3, 0.4) is 0 Å². The average molecular weight is 182 g/mol. The van der Waals surface area contributed by atoms with Crippen molar-refractivity contribution < 1.29 is 5.11 Å². The number of rotatable bonds is 0. The summed E-state index contributed by atoms with van der Waals surface area (Å²) in [4.78, 5) is 0. The molecule has 0 aliphatic heterocycles. The predicted octanol–water partition coefficient (Wildman–Crippen LogP) is 3.26. The Labute approximate surface area is 81.5 Å². The Morgan fingerprint density at radius 1 is 0.846 bits per heavy atom. The molecule has 2 atom stereocenters. The van der Waals surface area contributed by atoms with Crippen LogP contribution < -0.4 is 0 Å². The molecule has 1 nitrogen and oxygen atoms in total. The molecule has 2 aliphatic rings. The summed E-state index contributed by atoms with van der Waals surface area (Å²) >= 11 is 0. The van der Waals surface area contributed by atoms with Crippen molar-refractivity contribution in [2.45, 2.75) is 69.8 Å². The van der Waals surface area contributed by atoms with Crippen LogP contribution in [0.15, 0.2) is 0 Å². The molecular formula is C12H22O. The summed E-state index contributed by atoms with van der Waals surface area (Å²) < 4.78 is 0. The fraction of sp³-hybridized carbons (Fsp3) is 1.00. The molecule has 0 heterocycles. The minimum Gasteiger partial charge on any atom is -0.390 e. The molecule has 0 aromatic rings. The lowest BCUT2D eigenvalue weighted by molar-refractivity contribution is -0.00283. The molecule has 2 fully saturated rings. The monoisotopic (exact) mass is 182 g/mol. The van der Waals surface area contributed by atoms with Gasteiger partial charge in [0.2, 0.25) is 0 Å². The first kappa shape index (κ1) is 9.51. The first-order valence-corrected chi connectivity index (χ1v) is 6.01. The molecule has 0 amide bonds. The third-order valence-electron chi connectivity index (χ3n) is 3.93. The van der Waals surface area contributed by atoms with E-state index < -0.39 is 0 Å². The molecule has 0 spiro atoms. The molecule has 2 saturated carbocycles. The zero-order chi connectivity index (χ0) is 9.15. The Hall–Kier alpha value is -0.0400. The quantitative estimate of drug-likeness (QED) is 0.609. The van der Waals surface area contributed by atoms with E-state index in [0.29, 0.717) is 0 Å². The molecule has 2 rings (SSSR count). The van der Waals surface area contributed by atoms with Gasteiger partial charge < -0.3 is 5.11 Å². The van der Waals surface area contributed by atoms with Crippen LogP contribution in [0.25, 0.3) is 0 Å². The van der Waals surface area contributed by atoms with Gasteiger partial charge in [0.05, 0.1) is 5.60 Å². The molecule has 2 unspecified atom stereocenters. The third kappa shape index (κ3) is 2.46. The van der Waals surface area contributed by atoms with Crippen LogP contribution in [0.1, 0.15) is 64.2 Å².